The Balaban J connectivity index is 2.07. The van der Waals surface area contributed by atoms with Crippen molar-refractivity contribution in [3.05, 3.63) is 45.1 Å². The van der Waals surface area contributed by atoms with Gasteiger partial charge in [-0.05, 0) is 30.3 Å². The summed E-state index contributed by atoms with van der Waals surface area (Å²) in [4.78, 5) is 24.3. The third-order valence-corrected chi connectivity index (χ3v) is 4.03. The summed E-state index contributed by atoms with van der Waals surface area (Å²) in [5, 5.41) is 0. The molecule has 0 aliphatic heterocycles. The molecule has 22 heavy (non-hydrogen) atoms. The molecule has 2 aromatic rings. The van der Waals surface area contributed by atoms with Crippen molar-refractivity contribution in [2.45, 2.75) is 0 Å². The van der Waals surface area contributed by atoms with E-state index in [0.29, 0.717) is 26.3 Å². The Morgan fingerprint density at radius 2 is 1.91 bits per heavy atom. The van der Waals surface area contributed by atoms with E-state index in [2.05, 4.69) is 0 Å². The van der Waals surface area contributed by atoms with E-state index in [1.807, 2.05) is 0 Å². The number of carbonyl (C=O) groups excluding carboxylic acids is 2. The average molecular weight is 341 g/mol. The van der Waals surface area contributed by atoms with Gasteiger partial charge in [-0.3, -0.25) is 4.79 Å². The summed E-state index contributed by atoms with van der Waals surface area (Å²) in [7, 11) is 2.95. The van der Waals surface area contributed by atoms with Crippen LogP contribution in [0.15, 0.2) is 30.3 Å². The third-order valence-electron chi connectivity index (χ3n) is 2.82. The molecule has 0 bridgehead atoms. The summed E-state index contributed by atoms with van der Waals surface area (Å²) in [6.07, 6.45) is 0. The second-order valence-electron chi connectivity index (χ2n) is 4.17. The maximum absolute atomic E-state index is 12.2. The van der Waals surface area contributed by atoms with Crippen molar-refractivity contribution in [1.29, 1.82) is 0 Å². The number of hydrogen-bond donors (Lipinski definition) is 0. The molecule has 0 aliphatic carbocycles. The number of ketones is 1. The first kappa shape index (κ1) is 16.3. The zero-order valence-electron chi connectivity index (χ0n) is 11.9. The van der Waals surface area contributed by atoms with Gasteiger partial charge >= 0.3 is 5.97 Å². The molecule has 0 spiro atoms. The molecule has 1 heterocycles. The van der Waals surface area contributed by atoms with E-state index in [9.17, 15) is 9.59 Å². The van der Waals surface area contributed by atoms with Crippen LogP contribution < -0.4 is 9.47 Å². The highest BCUT2D eigenvalue weighted by Crippen LogP contribution is 2.25. The zero-order valence-corrected chi connectivity index (χ0v) is 13.5. The van der Waals surface area contributed by atoms with Crippen LogP contribution in [0.3, 0.4) is 0 Å². The van der Waals surface area contributed by atoms with Gasteiger partial charge < -0.3 is 14.2 Å². The predicted molar refractivity (Wildman–Crippen MR) is 83.5 cm³/mol. The van der Waals surface area contributed by atoms with Gasteiger partial charge in [0.05, 0.1) is 24.1 Å². The van der Waals surface area contributed by atoms with Gasteiger partial charge in [-0.2, -0.15) is 0 Å². The van der Waals surface area contributed by atoms with Crippen molar-refractivity contribution in [2.75, 3.05) is 20.8 Å². The lowest BCUT2D eigenvalue weighted by Crippen LogP contribution is -2.14. The zero-order chi connectivity index (χ0) is 16.1. The van der Waals surface area contributed by atoms with Gasteiger partial charge in [0.25, 0.3) is 0 Å². The Bertz CT molecular complexity index is 695. The molecule has 0 N–H and O–H groups in total. The number of rotatable bonds is 6. The fraction of sp³-hybridized carbons (Fsp3) is 0.200. The standard InChI is InChI=1S/C15H13ClO5S/c1-19-9-3-4-12(20-2)10(7-9)11(17)8-21-15(18)13-5-6-14(16)22-13/h3-7H,8H2,1-2H3. The minimum Gasteiger partial charge on any atom is -0.497 e. The highest BCUT2D eigenvalue weighted by molar-refractivity contribution is 7.17. The largest absolute Gasteiger partial charge is 0.497 e. The molecule has 0 saturated carbocycles. The molecule has 0 aliphatic rings. The van der Waals surface area contributed by atoms with Crippen LogP contribution in [0.25, 0.3) is 0 Å². The Morgan fingerprint density at radius 3 is 2.50 bits per heavy atom. The summed E-state index contributed by atoms with van der Waals surface area (Å²) >= 11 is 6.84. The maximum Gasteiger partial charge on any atom is 0.348 e. The van der Waals surface area contributed by atoms with Crippen molar-refractivity contribution in [3.8, 4) is 11.5 Å². The third kappa shape index (κ3) is 3.78. The molecule has 0 amide bonds. The molecule has 2 rings (SSSR count). The smallest absolute Gasteiger partial charge is 0.348 e. The number of carbonyl (C=O) groups is 2. The average Bonchev–Trinajstić information content (AvgIpc) is 2.98. The summed E-state index contributed by atoms with van der Waals surface area (Å²) in [6.45, 7) is -0.391. The van der Waals surface area contributed by atoms with Crippen molar-refractivity contribution >= 4 is 34.7 Å². The lowest BCUT2D eigenvalue weighted by atomic mass is 10.1. The number of benzene rings is 1. The minimum absolute atomic E-state index is 0.291. The van der Waals surface area contributed by atoms with E-state index in [1.165, 1.54) is 20.3 Å². The van der Waals surface area contributed by atoms with E-state index in [-0.39, 0.29) is 5.78 Å². The molecule has 0 atom stereocenters. The van der Waals surface area contributed by atoms with Crippen LogP contribution >= 0.6 is 22.9 Å². The number of methoxy groups -OCH3 is 2. The van der Waals surface area contributed by atoms with Gasteiger partial charge in [-0.25, -0.2) is 4.79 Å². The number of esters is 1. The summed E-state index contributed by atoms with van der Waals surface area (Å²) in [5.74, 6) is -0.0691. The summed E-state index contributed by atoms with van der Waals surface area (Å²) in [6, 6.07) is 7.97. The monoisotopic (exact) mass is 340 g/mol. The first-order chi connectivity index (χ1) is 10.5. The molecule has 0 fully saturated rings. The SMILES string of the molecule is COc1ccc(OC)c(C(=O)COC(=O)c2ccc(Cl)s2)c1. The number of Topliss-reactive ketones (excluding diaryl/α,β-unsaturated/α-hetero) is 1. The molecule has 1 aromatic carbocycles. The van der Waals surface area contributed by atoms with Crippen LogP contribution in [-0.2, 0) is 4.74 Å². The summed E-state index contributed by atoms with van der Waals surface area (Å²) in [5.41, 5.74) is 0.291. The molecular formula is C15H13ClO5S. The van der Waals surface area contributed by atoms with Gasteiger partial charge in [-0.1, -0.05) is 11.6 Å². The van der Waals surface area contributed by atoms with E-state index in [4.69, 9.17) is 25.8 Å². The Kier molecular flexibility index (Phi) is 5.41. The normalized spacial score (nSPS) is 10.1. The lowest BCUT2D eigenvalue weighted by molar-refractivity contribution is 0.0478. The van der Waals surface area contributed by atoms with Crippen molar-refractivity contribution in [1.82, 2.24) is 0 Å². The van der Waals surface area contributed by atoms with Crippen molar-refractivity contribution < 1.29 is 23.8 Å². The van der Waals surface area contributed by atoms with Crippen LogP contribution in [-0.4, -0.2) is 32.6 Å². The molecule has 5 nitrogen and oxygen atoms in total. The second kappa shape index (κ2) is 7.29. The van der Waals surface area contributed by atoms with Gasteiger partial charge in [0.1, 0.15) is 16.4 Å². The highest BCUT2D eigenvalue weighted by Gasteiger charge is 2.17. The minimum atomic E-state index is -0.591. The molecule has 116 valence electrons. The molecule has 0 saturated heterocycles. The van der Waals surface area contributed by atoms with Gasteiger partial charge in [0, 0.05) is 0 Å². The van der Waals surface area contributed by atoms with E-state index in [1.54, 1.807) is 24.3 Å². The summed E-state index contributed by atoms with van der Waals surface area (Å²) < 4.78 is 15.7. The van der Waals surface area contributed by atoms with Crippen LogP contribution in [0.2, 0.25) is 4.34 Å². The lowest BCUT2D eigenvalue weighted by Gasteiger charge is -2.09. The molecule has 1 aromatic heterocycles. The topological polar surface area (TPSA) is 61.8 Å². The van der Waals surface area contributed by atoms with Crippen LogP contribution in [0.1, 0.15) is 20.0 Å². The van der Waals surface area contributed by atoms with Gasteiger partial charge in [-0.15, -0.1) is 11.3 Å². The quantitative estimate of drug-likeness (QED) is 0.595. The predicted octanol–water partition coefficient (Wildman–Crippen LogP) is 3.46. The molecule has 0 radical (unpaired) electrons. The van der Waals surface area contributed by atoms with Crippen LogP contribution in [0, 0.1) is 0 Å². The Hall–Kier alpha value is -2.05. The first-order valence-corrected chi connectivity index (χ1v) is 7.42. The van der Waals surface area contributed by atoms with Crippen molar-refractivity contribution in [3.63, 3.8) is 0 Å². The van der Waals surface area contributed by atoms with Gasteiger partial charge in [0.2, 0.25) is 5.78 Å². The molecule has 7 heteroatoms. The van der Waals surface area contributed by atoms with Crippen LogP contribution in [0.5, 0.6) is 11.5 Å². The van der Waals surface area contributed by atoms with E-state index in [0.717, 1.165) is 11.3 Å². The van der Waals surface area contributed by atoms with E-state index >= 15 is 0 Å². The molecule has 0 unspecified atom stereocenters. The highest BCUT2D eigenvalue weighted by atomic mass is 35.5. The second-order valence-corrected chi connectivity index (χ2v) is 5.88. The fourth-order valence-corrected chi connectivity index (χ4v) is 2.67. The molecular weight excluding hydrogens is 328 g/mol. The number of thiophene rings is 1. The van der Waals surface area contributed by atoms with E-state index < -0.39 is 12.6 Å². The first-order valence-electron chi connectivity index (χ1n) is 6.23. The van der Waals surface area contributed by atoms with Crippen molar-refractivity contribution in [2.24, 2.45) is 0 Å². The Morgan fingerprint density at radius 1 is 1.14 bits per heavy atom. The maximum atomic E-state index is 12.2. The van der Waals surface area contributed by atoms with Gasteiger partial charge in [0.15, 0.2) is 6.61 Å². The Labute approximate surface area is 136 Å². The number of ether oxygens (including phenoxy) is 3. The number of hydrogen-bond acceptors (Lipinski definition) is 6. The number of halogens is 1. The fourth-order valence-electron chi connectivity index (χ4n) is 1.74. The van der Waals surface area contributed by atoms with Crippen LogP contribution in [0.4, 0.5) is 0 Å².